The highest BCUT2D eigenvalue weighted by atomic mass is 16.4. The fourth-order valence-corrected chi connectivity index (χ4v) is 1.81. The lowest BCUT2D eigenvalue weighted by molar-refractivity contribution is -0.146. The lowest BCUT2D eigenvalue weighted by atomic mass is 9.76. The van der Waals surface area contributed by atoms with Crippen LogP contribution in [0.5, 0.6) is 0 Å². The van der Waals surface area contributed by atoms with Gasteiger partial charge >= 0.3 is 5.97 Å². The standard InChI is InChI=1S/C12H12N2O4/c1-12(11(16)17)8(13)4-5-14-10(12)9(15)7-3-2-6-18-7/h2-6,10H,13H2,1H3,(H,16,17). The van der Waals surface area contributed by atoms with E-state index in [9.17, 15) is 14.7 Å². The topological polar surface area (TPSA) is 106 Å². The largest absolute Gasteiger partial charge is 0.480 e. The van der Waals surface area contributed by atoms with Gasteiger partial charge in [-0.1, -0.05) is 0 Å². The van der Waals surface area contributed by atoms with Gasteiger partial charge in [-0.25, -0.2) is 0 Å². The first-order valence-electron chi connectivity index (χ1n) is 5.28. The van der Waals surface area contributed by atoms with Gasteiger partial charge in [0.2, 0.25) is 5.78 Å². The van der Waals surface area contributed by atoms with Crippen LogP contribution >= 0.6 is 0 Å². The summed E-state index contributed by atoms with van der Waals surface area (Å²) < 4.78 is 4.98. The Kier molecular flexibility index (Phi) is 2.78. The second-order valence-electron chi connectivity index (χ2n) is 4.17. The molecule has 0 saturated heterocycles. The average molecular weight is 248 g/mol. The van der Waals surface area contributed by atoms with Crippen molar-refractivity contribution in [1.29, 1.82) is 0 Å². The van der Waals surface area contributed by atoms with Crippen LogP contribution in [0.1, 0.15) is 17.5 Å². The molecule has 2 atom stereocenters. The third-order valence-electron chi connectivity index (χ3n) is 3.09. The van der Waals surface area contributed by atoms with Crippen molar-refractivity contribution in [3.8, 4) is 0 Å². The van der Waals surface area contributed by atoms with E-state index in [0.29, 0.717) is 0 Å². The molecule has 0 bridgehead atoms. The zero-order valence-electron chi connectivity index (χ0n) is 9.66. The van der Waals surface area contributed by atoms with E-state index >= 15 is 0 Å². The van der Waals surface area contributed by atoms with Crippen LogP contribution in [0.4, 0.5) is 0 Å². The van der Waals surface area contributed by atoms with E-state index in [4.69, 9.17) is 10.2 Å². The van der Waals surface area contributed by atoms with Crippen molar-refractivity contribution in [2.24, 2.45) is 16.1 Å². The maximum atomic E-state index is 12.2. The van der Waals surface area contributed by atoms with E-state index < -0.39 is 23.2 Å². The molecule has 0 aliphatic carbocycles. The molecule has 2 heterocycles. The normalized spacial score (nSPS) is 26.7. The summed E-state index contributed by atoms with van der Waals surface area (Å²) in [5, 5.41) is 9.31. The number of rotatable bonds is 3. The lowest BCUT2D eigenvalue weighted by Crippen LogP contribution is -2.48. The summed E-state index contributed by atoms with van der Waals surface area (Å²) in [5.41, 5.74) is 4.24. The van der Waals surface area contributed by atoms with Gasteiger partial charge in [0.15, 0.2) is 5.76 Å². The Morgan fingerprint density at radius 3 is 2.83 bits per heavy atom. The van der Waals surface area contributed by atoms with Gasteiger partial charge in [-0.3, -0.25) is 14.6 Å². The van der Waals surface area contributed by atoms with Crippen molar-refractivity contribution < 1.29 is 19.1 Å². The fraction of sp³-hybridized carbons (Fsp3) is 0.250. The number of carbonyl (C=O) groups is 2. The number of aliphatic imine (C=N–C) groups is 1. The maximum absolute atomic E-state index is 12.2. The van der Waals surface area contributed by atoms with Gasteiger partial charge in [0.05, 0.1) is 6.26 Å². The van der Waals surface area contributed by atoms with Gasteiger partial charge in [-0.05, 0) is 25.1 Å². The Morgan fingerprint density at radius 2 is 2.28 bits per heavy atom. The third-order valence-corrected chi connectivity index (χ3v) is 3.09. The van der Waals surface area contributed by atoms with Gasteiger partial charge in [-0.15, -0.1) is 0 Å². The molecular formula is C12H12N2O4. The molecule has 0 fully saturated rings. The minimum atomic E-state index is -1.56. The fourth-order valence-electron chi connectivity index (χ4n) is 1.81. The number of furan rings is 1. The number of aliphatic carboxylic acids is 1. The van der Waals surface area contributed by atoms with Gasteiger partial charge in [0.1, 0.15) is 11.5 Å². The van der Waals surface area contributed by atoms with E-state index in [1.165, 1.54) is 31.5 Å². The number of hydrogen-bond acceptors (Lipinski definition) is 5. The molecule has 18 heavy (non-hydrogen) atoms. The molecule has 6 nitrogen and oxygen atoms in total. The summed E-state index contributed by atoms with van der Waals surface area (Å²) in [6.07, 6.45) is 4.07. The molecule has 2 unspecified atom stereocenters. The molecule has 0 saturated carbocycles. The Morgan fingerprint density at radius 1 is 1.56 bits per heavy atom. The van der Waals surface area contributed by atoms with Crippen LogP contribution in [0, 0.1) is 5.41 Å². The highest BCUT2D eigenvalue weighted by molar-refractivity contribution is 6.04. The molecule has 1 aliphatic rings. The molecular weight excluding hydrogens is 236 g/mol. The van der Waals surface area contributed by atoms with Crippen molar-refractivity contribution >= 4 is 18.0 Å². The smallest absolute Gasteiger partial charge is 0.318 e. The lowest BCUT2D eigenvalue weighted by Gasteiger charge is -2.32. The zero-order chi connectivity index (χ0) is 13.3. The number of nitrogens with two attached hydrogens (primary N) is 1. The van der Waals surface area contributed by atoms with Crippen LogP contribution in [-0.4, -0.2) is 29.1 Å². The molecule has 0 amide bonds. The molecule has 1 aromatic rings. The van der Waals surface area contributed by atoms with E-state index in [-0.39, 0.29) is 11.5 Å². The second kappa shape index (κ2) is 4.14. The first-order valence-corrected chi connectivity index (χ1v) is 5.28. The zero-order valence-corrected chi connectivity index (χ0v) is 9.66. The highest BCUT2D eigenvalue weighted by Crippen LogP contribution is 2.34. The van der Waals surface area contributed by atoms with Gasteiger partial charge in [-0.2, -0.15) is 0 Å². The number of hydrogen-bond donors (Lipinski definition) is 2. The van der Waals surface area contributed by atoms with Crippen LogP contribution in [0.3, 0.4) is 0 Å². The summed E-state index contributed by atoms with van der Waals surface area (Å²) in [5.74, 6) is -1.63. The summed E-state index contributed by atoms with van der Waals surface area (Å²) in [6.45, 7) is 1.38. The van der Waals surface area contributed by atoms with E-state index in [1.807, 2.05) is 0 Å². The number of dihydropyridines is 1. The van der Waals surface area contributed by atoms with Crippen molar-refractivity contribution in [3.05, 3.63) is 35.9 Å². The minimum Gasteiger partial charge on any atom is -0.480 e. The first-order chi connectivity index (χ1) is 8.48. The molecule has 1 aliphatic heterocycles. The molecule has 0 spiro atoms. The Balaban J connectivity index is 2.44. The predicted octanol–water partition coefficient (Wildman–Crippen LogP) is 0.849. The molecule has 0 aromatic carbocycles. The number of allylic oxidation sites excluding steroid dienone is 1. The molecule has 0 radical (unpaired) electrons. The van der Waals surface area contributed by atoms with Crippen LogP contribution in [0.15, 0.2) is 39.6 Å². The van der Waals surface area contributed by atoms with Gasteiger partial charge < -0.3 is 15.3 Å². The number of carboxylic acids is 1. The van der Waals surface area contributed by atoms with E-state index in [0.717, 1.165) is 0 Å². The maximum Gasteiger partial charge on any atom is 0.318 e. The predicted molar refractivity (Wildman–Crippen MR) is 63.3 cm³/mol. The van der Waals surface area contributed by atoms with Crippen LogP contribution in [0.25, 0.3) is 0 Å². The van der Waals surface area contributed by atoms with E-state index in [2.05, 4.69) is 4.99 Å². The van der Waals surface area contributed by atoms with Crippen molar-refractivity contribution in [1.82, 2.24) is 0 Å². The third kappa shape index (κ3) is 1.62. The second-order valence-corrected chi connectivity index (χ2v) is 4.17. The van der Waals surface area contributed by atoms with Crippen molar-refractivity contribution in [2.45, 2.75) is 13.0 Å². The van der Waals surface area contributed by atoms with Crippen LogP contribution in [0.2, 0.25) is 0 Å². The molecule has 1 aromatic heterocycles. The number of ketones is 1. The molecule has 94 valence electrons. The van der Waals surface area contributed by atoms with Crippen LogP contribution in [-0.2, 0) is 4.79 Å². The summed E-state index contributed by atoms with van der Waals surface area (Å²) >= 11 is 0. The SMILES string of the molecule is CC1(C(=O)O)C(N)=CC=NC1C(=O)c1ccco1. The number of carboxylic acid groups (broad SMARTS) is 1. The van der Waals surface area contributed by atoms with Crippen LogP contribution < -0.4 is 5.73 Å². The Labute approximate surface area is 103 Å². The summed E-state index contributed by atoms with van der Waals surface area (Å²) in [7, 11) is 0. The average Bonchev–Trinajstić information content (AvgIpc) is 2.85. The van der Waals surface area contributed by atoms with Gasteiger partial charge in [0.25, 0.3) is 0 Å². The highest BCUT2D eigenvalue weighted by Gasteiger charge is 2.49. The minimum absolute atomic E-state index is 0.0688. The number of nitrogens with zero attached hydrogens (tertiary/aromatic N) is 1. The molecule has 6 heteroatoms. The Bertz CT molecular complexity index is 544. The monoisotopic (exact) mass is 248 g/mol. The quantitative estimate of drug-likeness (QED) is 0.771. The number of Topliss-reactive ketones (excluding diaryl/α,β-unsaturated/α-hetero) is 1. The van der Waals surface area contributed by atoms with Gasteiger partial charge in [0, 0.05) is 11.9 Å². The van der Waals surface area contributed by atoms with Crippen molar-refractivity contribution in [3.63, 3.8) is 0 Å². The summed E-state index contributed by atoms with van der Waals surface area (Å²) in [4.78, 5) is 27.5. The van der Waals surface area contributed by atoms with E-state index in [1.54, 1.807) is 6.07 Å². The summed E-state index contributed by atoms with van der Waals surface area (Å²) in [6, 6.07) is 1.90. The first kappa shape index (κ1) is 12.1. The molecule has 3 N–H and O–H groups in total. The Hall–Kier alpha value is -2.37. The van der Waals surface area contributed by atoms with Crippen molar-refractivity contribution in [2.75, 3.05) is 0 Å². The molecule has 2 rings (SSSR count). The number of carbonyl (C=O) groups excluding carboxylic acids is 1.